The van der Waals surface area contributed by atoms with E-state index in [0.717, 1.165) is 21.3 Å². The van der Waals surface area contributed by atoms with E-state index in [0.29, 0.717) is 6.54 Å². The third kappa shape index (κ3) is 3.72. The molecule has 0 saturated heterocycles. The SMILES string of the molecule is FC(F)(F)c1ccccc1-c1cnnc(NCc2nc3ccccc3s2)n1. The standard InChI is InChI=1S/C18H12F3N5S/c19-18(20,21)12-6-2-1-5-11(12)14-9-23-26-17(25-14)22-10-16-24-13-7-3-4-8-15(13)27-16/h1-9H,10H2,(H,22,25,26). The third-order valence-corrected chi connectivity index (χ3v) is 4.84. The first-order valence-electron chi connectivity index (χ1n) is 7.95. The molecule has 0 saturated carbocycles. The lowest BCUT2D eigenvalue weighted by Crippen LogP contribution is -2.09. The summed E-state index contributed by atoms with van der Waals surface area (Å²) in [6, 6.07) is 13.0. The van der Waals surface area contributed by atoms with Crippen LogP contribution in [0.4, 0.5) is 19.1 Å². The zero-order valence-corrected chi connectivity index (χ0v) is 14.6. The molecule has 5 nitrogen and oxygen atoms in total. The highest BCUT2D eigenvalue weighted by atomic mass is 32.1. The van der Waals surface area contributed by atoms with Crippen LogP contribution in [0, 0.1) is 0 Å². The molecule has 0 spiro atoms. The summed E-state index contributed by atoms with van der Waals surface area (Å²) in [6.45, 7) is 0.353. The Balaban J connectivity index is 1.58. The number of alkyl halides is 3. The van der Waals surface area contributed by atoms with Crippen molar-refractivity contribution in [1.29, 1.82) is 0 Å². The van der Waals surface area contributed by atoms with Crippen molar-refractivity contribution < 1.29 is 13.2 Å². The molecular formula is C18H12F3N5S. The van der Waals surface area contributed by atoms with Gasteiger partial charge in [0.1, 0.15) is 5.01 Å². The summed E-state index contributed by atoms with van der Waals surface area (Å²) in [6.07, 6.45) is -3.26. The third-order valence-electron chi connectivity index (χ3n) is 3.80. The van der Waals surface area contributed by atoms with Crippen molar-refractivity contribution in [2.24, 2.45) is 0 Å². The van der Waals surface area contributed by atoms with E-state index in [-0.39, 0.29) is 17.2 Å². The fourth-order valence-corrected chi connectivity index (χ4v) is 3.52. The van der Waals surface area contributed by atoms with Gasteiger partial charge in [0.2, 0.25) is 5.95 Å². The lowest BCUT2D eigenvalue weighted by molar-refractivity contribution is -0.137. The Hall–Kier alpha value is -3.07. The Morgan fingerprint density at radius 1 is 0.963 bits per heavy atom. The van der Waals surface area contributed by atoms with E-state index in [4.69, 9.17) is 0 Å². The molecule has 0 atom stereocenters. The number of hydrogen-bond donors (Lipinski definition) is 1. The minimum atomic E-state index is -4.48. The average Bonchev–Trinajstić information content (AvgIpc) is 3.09. The van der Waals surface area contributed by atoms with Crippen LogP contribution in [0.15, 0.2) is 54.7 Å². The van der Waals surface area contributed by atoms with Crippen LogP contribution in [-0.4, -0.2) is 20.2 Å². The number of halogens is 3. The van der Waals surface area contributed by atoms with Crippen LogP contribution < -0.4 is 5.32 Å². The number of anilines is 1. The molecule has 0 fully saturated rings. The van der Waals surface area contributed by atoms with E-state index in [1.807, 2.05) is 24.3 Å². The normalized spacial score (nSPS) is 11.7. The van der Waals surface area contributed by atoms with Crippen LogP contribution in [0.2, 0.25) is 0 Å². The number of thiazole rings is 1. The molecule has 0 amide bonds. The smallest absolute Gasteiger partial charge is 0.346 e. The Bertz CT molecular complexity index is 1060. The Morgan fingerprint density at radius 3 is 2.56 bits per heavy atom. The van der Waals surface area contributed by atoms with Crippen LogP contribution in [-0.2, 0) is 12.7 Å². The molecule has 0 bridgehead atoms. The second-order valence-electron chi connectivity index (χ2n) is 5.64. The largest absolute Gasteiger partial charge is 0.417 e. The molecule has 4 rings (SSSR count). The first-order valence-corrected chi connectivity index (χ1v) is 8.77. The van der Waals surface area contributed by atoms with Crippen LogP contribution in [0.5, 0.6) is 0 Å². The van der Waals surface area contributed by atoms with Gasteiger partial charge >= 0.3 is 6.18 Å². The number of para-hydroxylation sites is 1. The molecule has 1 N–H and O–H groups in total. The summed E-state index contributed by atoms with van der Waals surface area (Å²) in [5.74, 6) is 0.142. The summed E-state index contributed by atoms with van der Waals surface area (Å²) in [4.78, 5) is 8.66. The van der Waals surface area contributed by atoms with E-state index in [9.17, 15) is 13.2 Å². The van der Waals surface area contributed by atoms with Crippen LogP contribution >= 0.6 is 11.3 Å². The molecule has 2 heterocycles. The summed E-state index contributed by atoms with van der Waals surface area (Å²) in [7, 11) is 0. The summed E-state index contributed by atoms with van der Waals surface area (Å²) >= 11 is 1.52. The minimum absolute atomic E-state index is 0.0389. The van der Waals surface area contributed by atoms with E-state index in [2.05, 4.69) is 25.5 Å². The molecule has 0 radical (unpaired) electrons. The first kappa shape index (κ1) is 17.3. The highest BCUT2D eigenvalue weighted by molar-refractivity contribution is 7.18. The Morgan fingerprint density at radius 2 is 1.74 bits per heavy atom. The van der Waals surface area contributed by atoms with E-state index < -0.39 is 11.7 Å². The minimum Gasteiger partial charge on any atom is -0.346 e. The first-order chi connectivity index (χ1) is 13.0. The van der Waals surface area contributed by atoms with Gasteiger partial charge in [0, 0.05) is 5.56 Å². The lowest BCUT2D eigenvalue weighted by atomic mass is 10.0. The summed E-state index contributed by atoms with van der Waals surface area (Å²) in [5, 5.41) is 11.4. The molecule has 0 unspecified atom stereocenters. The molecule has 0 aliphatic carbocycles. The van der Waals surface area contributed by atoms with Crippen molar-refractivity contribution in [2.75, 3.05) is 5.32 Å². The van der Waals surface area contributed by atoms with Gasteiger partial charge in [-0.2, -0.15) is 18.3 Å². The summed E-state index contributed by atoms with van der Waals surface area (Å²) in [5.41, 5.74) is 0.196. The average molecular weight is 387 g/mol. The maximum absolute atomic E-state index is 13.2. The number of nitrogens with zero attached hydrogens (tertiary/aromatic N) is 4. The second kappa shape index (κ2) is 6.92. The van der Waals surface area contributed by atoms with E-state index >= 15 is 0 Å². The van der Waals surface area contributed by atoms with Gasteiger partial charge in [-0.3, -0.25) is 0 Å². The molecule has 2 aromatic carbocycles. The molecule has 4 aromatic rings. The van der Waals surface area contributed by atoms with Gasteiger partial charge in [0.15, 0.2) is 0 Å². The zero-order chi connectivity index (χ0) is 18.9. The number of nitrogens with one attached hydrogen (secondary N) is 1. The number of aromatic nitrogens is 4. The van der Waals surface area contributed by atoms with Crippen molar-refractivity contribution >= 4 is 27.5 Å². The number of benzene rings is 2. The Kier molecular flexibility index (Phi) is 4.44. The quantitative estimate of drug-likeness (QED) is 0.546. The summed E-state index contributed by atoms with van der Waals surface area (Å²) < 4.78 is 40.7. The van der Waals surface area contributed by atoms with E-state index in [1.54, 1.807) is 0 Å². The van der Waals surface area contributed by atoms with Gasteiger partial charge < -0.3 is 5.32 Å². The highest BCUT2D eigenvalue weighted by Crippen LogP contribution is 2.36. The van der Waals surface area contributed by atoms with Gasteiger partial charge in [-0.05, 0) is 18.2 Å². The molecule has 136 valence electrons. The van der Waals surface area contributed by atoms with E-state index in [1.165, 1.54) is 35.7 Å². The van der Waals surface area contributed by atoms with Gasteiger partial charge in [0.05, 0.1) is 34.2 Å². The predicted molar refractivity (Wildman–Crippen MR) is 97.2 cm³/mol. The molecule has 9 heteroatoms. The van der Waals surface area contributed by atoms with Crippen LogP contribution in [0.3, 0.4) is 0 Å². The van der Waals surface area contributed by atoms with Crippen molar-refractivity contribution in [3.63, 3.8) is 0 Å². The van der Waals surface area contributed by atoms with Crippen molar-refractivity contribution in [1.82, 2.24) is 20.2 Å². The van der Waals surface area contributed by atoms with Gasteiger partial charge in [-0.25, -0.2) is 9.97 Å². The zero-order valence-electron chi connectivity index (χ0n) is 13.7. The molecular weight excluding hydrogens is 375 g/mol. The molecule has 0 aliphatic rings. The van der Waals surface area contributed by atoms with Gasteiger partial charge in [-0.1, -0.05) is 30.3 Å². The molecule has 0 aliphatic heterocycles. The monoisotopic (exact) mass is 387 g/mol. The van der Waals surface area contributed by atoms with Gasteiger partial charge in [-0.15, -0.1) is 16.4 Å². The topological polar surface area (TPSA) is 63.6 Å². The van der Waals surface area contributed by atoms with Crippen molar-refractivity contribution in [3.05, 3.63) is 65.3 Å². The number of fused-ring (bicyclic) bond motifs is 1. The van der Waals surface area contributed by atoms with Crippen molar-refractivity contribution in [2.45, 2.75) is 12.7 Å². The highest BCUT2D eigenvalue weighted by Gasteiger charge is 2.33. The number of hydrogen-bond acceptors (Lipinski definition) is 6. The Labute approximate surface area is 155 Å². The predicted octanol–water partition coefficient (Wildman–Crippen LogP) is 4.78. The fraction of sp³-hybridized carbons (Fsp3) is 0.111. The molecule has 2 aromatic heterocycles. The van der Waals surface area contributed by atoms with Crippen LogP contribution in [0.25, 0.3) is 21.5 Å². The van der Waals surface area contributed by atoms with Gasteiger partial charge in [0.25, 0.3) is 0 Å². The maximum atomic E-state index is 13.2. The maximum Gasteiger partial charge on any atom is 0.417 e. The fourth-order valence-electron chi connectivity index (χ4n) is 2.61. The molecule has 27 heavy (non-hydrogen) atoms. The lowest BCUT2D eigenvalue weighted by Gasteiger charge is -2.12. The number of rotatable bonds is 4. The second-order valence-corrected chi connectivity index (χ2v) is 6.75. The van der Waals surface area contributed by atoms with Crippen LogP contribution in [0.1, 0.15) is 10.6 Å². The van der Waals surface area contributed by atoms with Crippen molar-refractivity contribution in [3.8, 4) is 11.3 Å².